The summed E-state index contributed by atoms with van der Waals surface area (Å²) in [6, 6.07) is 12.8. The number of rotatable bonds is 5. The van der Waals surface area contributed by atoms with Gasteiger partial charge in [-0.2, -0.15) is 5.26 Å². The van der Waals surface area contributed by atoms with Crippen LogP contribution in [0.25, 0.3) is 11.6 Å². The summed E-state index contributed by atoms with van der Waals surface area (Å²) < 4.78 is 15.9. The van der Waals surface area contributed by atoms with E-state index in [1.54, 1.807) is 63.8 Å². The van der Waals surface area contributed by atoms with Gasteiger partial charge < -0.3 is 14.2 Å². The van der Waals surface area contributed by atoms with Crippen LogP contribution in [-0.4, -0.2) is 21.3 Å². The summed E-state index contributed by atoms with van der Waals surface area (Å²) in [6.07, 6.45) is 1.74. The summed E-state index contributed by atoms with van der Waals surface area (Å²) >= 11 is 5.89. The second-order valence-corrected chi connectivity index (χ2v) is 5.06. The molecule has 0 bridgehead atoms. The summed E-state index contributed by atoms with van der Waals surface area (Å²) in [4.78, 5) is 0. The molecule has 0 radical (unpaired) electrons. The molecule has 0 saturated heterocycles. The van der Waals surface area contributed by atoms with Crippen molar-refractivity contribution < 1.29 is 14.2 Å². The SMILES string of the molecule is COc1cc(OC)c(OC)cc1C=C(C#N)c1ccc(Cl)cc1. The molecule has 0 heterocycles. The maximum absolute atomic E-state index is 9.45. The van der Waals surface area contributed by atoms with Crippen molar-refractivity contribution in [1.29, 1.82) is 5.26 Å². The van der Waals surface area contributed by atoms with E-state index in [0.29, 0.717) is 27.8 Å². The zero-order valence-corrected chi connectivity index (χ0v) is 13.8. The third kappa shape index (κ3) is 3.77. The van der Waals surface area contributed by atoms with Crippen LogP contribution in [0.4, 0.5) is 0 Å². The lowest BCUT2D eigenvalue weighted by Gasteiger charge is -2.12. The first kappa shape index (κ1) is 16.7. The number of halogens is 1. The second kappa shape index (κ2) is 7.57. The molecular formula is C18H16ClNO3. The molecule has 0 amide bonds. The van der Waals surface area contributed by atoms with Crippen molar-refractivity contribution in [3.05, 3.63) is 52.5 Å². The van der Waals surface area contributed by atoms with Gasteiger partial charge in [0.1, 0.15) is 5.75 Å². The van der Waals surface area contributed by atoms with Gasteiger partial charge in [0.15, 0.2) is 11.5 Å². The van der Waals surface area contributed by atoms with E-state index in [0.717, 1.165) is 11.1 Å². The van der Waals surface area contributed by atoms with Crippen LogP contribution in [0, 0.1) is 11.3 Å². The van der Waals surface area contributed by atoms with Crippen LogP contribution < -0.4 is 14.2 Å². The van der Waals surface area contributed by atoms with Gasteiger partial charge in [-0.25, -0.2) is 0 Å². The Labute approximate surface area is 140 Å². The first-order valence-corrected chi connectivity index (χ1v) is 7.18. The highest BCUT2D eigenvalue weighted by Crippen LogP contribution is 2.36. The Balaban J connectivity index is 2.55. The zero-order chi connectivity index (χ0) is 16.8. The first-order chi connectivity index (χ1) is 11.1. The Morgan fingerprint density at radius 2 is 1.52 bits per heavy atom. The molecule has 23 heavy (non-hydrogen) atoms. The maximum atomic E-state index is 9.45. The minimum atomic E-state index is 0.493. The van der Waals surface area contributed by atoms with E-state index in [-0.39, 0.29) is 0 Å². The standard InChI is InChI=1S/C18H16ClNO3/c1-21-16-10-18(23-3)17(22-2)9-13(16)8-14(11-20)12-4-6-15(19)7-5-12/h4-10H,1-3H3. The number of methoxy groups -OCH3 is 3. The molecule has 0 fully saturated rings. The Kier molecular flexibility index (Phi) is 5.51. The Bertz CT molecular complexity index is 761. The highest BCUT2D eigenvalue weighted by molar-refractivity contribution is 6.30. The van der Waals surface area contributed by atoms with Crippen molar-refractivity contribution in [2.45, 2.75) is 0 Å². The van der Waals surface area contributed by atoms with Gasteiger partial charge in [0.2, 0.25) is 0 Å². The van der Waals surface area contributed by atoms with E-state index in [1.807, 2.05) is 0 Å². The fraction of sp³-hybridized carbons (Fsp3) is 0.167. The van der Waals surface area contributed by atoms with Gasteiger partial charge in [-0.05, 0) is 29.8 Å². The molecule has 4 nitrogen and oxygen atoms in total. The molecule has 0 unspecified atom stereocenters. The van der Waals surface area contributed by atoms with E-state index >= 15 is 0 Å². The average Bonchev–Trinajstić information content (AvgIpc) is 2.59. The number of benzene rings is 2. The molecule has 0 aliphatic carbocycles. The van der Waals surface area contributed by atoms with Crippen LogP contribution in [0.15, 0.2) is 36.4 Å². The fourth-order valence-corrected chi connectivity index (χ4v) is 2.26. The lowest BCUT2D eigenvalue weighted by molar-refractivity contribution is 0.348. The van der Waals surface area contributed by atoms with Crippen molar-refractivity contribution in [2.24, 2.45) is 0 Å². The molecule has 0 aromatic heterocycles. The first-order valence-electron chi connectivity index (χ1n) is 6.80. The van der Waals surface area contributed by atoms with Gasteiger partial charge in [0, 0.05) is 16.7 Å². The van der Waals surface area contributed by atoms with Crippen LogP contribution in [-0.2, 0) is 0 Å². The molecule has 0 spiro atoms. The van der Waals surface area contributed by atoms with Crippen molar-refractivity contribution in [1.82, 2.24) is 0 Å². The van der Waals surface area contributed by atoms with Gasteiger partial charge in [-0.3, -0.25) is 0 Å². The third-order valence-corrected chi connectivity index (χ3v) is 3.56. The van der Waals surface area contributed by atoms with Gasteiger partial charge in [-0.15, -0.1) is 0 Å². The molecule has 0 atom stereocenters. The molecule has 5 heteroatoms. The van der Waals surface area contributed by atoms with Gasteiger partial charge in [-0.1, -0.05) is 23.7 Å². The van der Waals surface area contributed by atoms with Crippen LogP contribution in [0.3, 0.4) is 0 Å². The van der Waals surface area contributed by atoms with Crippen LogP contribution in [0.5, 0.6) is 17.2 Å². The second-order valence-electron chi connectivity index (χ2n) is 4.63. The highest BCUT2D eigenvalue weighted by atomic mass is 35.5. The number of nitriles is 1. The predicted molar refractivity (Wildman–Crippen MR) is 91.0 cm³/mol. The van der Waals surface area contributed by atoms with E-state index in [9.17, 15) is 5.26 Å². The van der Waals surface area contributed by atoms with Crippen LogP contribution in [0.1, 0.15) is 11.1 Å². The fourth-order valence-electron chi connectivity index (χ4n) is 2.13. The molecule has 118 valence electrons. The molecule has 2 rings (SSSR count). The maximum Gasteiger partial charge on any atom is 0.164 e. The number of hydrogen-bond acceptors (Lipinski definition) is 4. The molecular weight excluding hydrogens is 314 g/mol. The summed E-state index contributed by atoms with van der Waals surface area (Å²) in [5.41, 5.74) is 1.98. The number of allylic oxidation sites excluding steroid dienone is 1. The van der Waals surface area contributed by atoms with Crippen molar-refractivity contribution >= 4 is 23.3 Å². The van der Waals surface area contributed by atoms with Crippen LogP contribution in [0.2, 0.25) is 5.02 Å². The summed E-state index contributed by atoms with van der Waals surface area (Å²) in [5.74, 6) is 1.71. The smallest absolute Gasteiger partial charge is 0.164 e. The number of nitrogens with zero attached hydrogens (tertiary/aromatic N) is 1. The Hall–Kier alpha value is -2.64. The summed E-state index contributed by atoms with van der Waals surface area (Å²) in [7, 11) is 4.68. The highest BCUT2D eigenvalue weighted by Gasteiger charge is 2.12. The van der Waals surface area contributed by atoms with Crippen molar-refractivity contribution in [3.8, 4) is 23.3 Å². The Morgan fingerprint density at radius 1 is 0.957 bits per heavy atom. The van der Waals surface area contributed by atoms with Crippen LogP contribution >= 0.6 is 11.6 Å². The minimum absolute atomic E-state index is 0.493. The van der Waals surface area contributed by atoms with E-state index in [2.05, 4.69) is 6.07 Å². The minimum Gasteiger partial charge on any atom is -0.496 e. The Morgan fingerprint density at radius 3 is 2.04 bits per heavy atom. The summed E-state index contributed by atoms with van der Waals surface area (Å²) in [6.45, 7) is 0. The lowest BCUT2D eigenvalue weighted by Crippen LogP contribution is -1.95. The monoisotopic (exact) mass is 329 g/mol. The van der Waals surface area contributed by atoms with E-state index in [4.69, 9.17) is 25.8 Å². The van der Waals surface area contributed by atoms with Gasteiger partial charge in [0.05, 0.1) is 33.0 Å². The van der Waals surface area contributed by atoms with Crippen molar-refractivity contribution in [3.63, 3.8) is 0 Å². The van der Waals surface area contributed by atoms with E-state index < -0.39 is 0 Å². The molecule has 2 aromatic carbocycles. The van der Waals surface area contributed by atoms with Gasteiger partial charge >= 0.3 is 0 Å². The third-order valence-electron chi connectivity index (χ3n) is 3.31. The number of ether oxygens (including phenoxy) is 3. The molecule has 2 aromatic rings. The number of hydrogen-bond donors (Lipinski definition) is 0. The topological polar surface area (TPSA) is 51.5 Å². The lowest BCUT2D eigenvalue weighted by atomic mass is 10.0. The van der Waals surface area contributed by atoms with Crippen molar-refractivity contribution in [2.75, 3.05) is 21.3 Å². The molecule has 0 aliphatic rings. The molecule has 0 N–H and O–H groups in total. The van der Waals surface area contributed by atoms with E-state index in [1.165, 1.54) is 0 Å². The van der Waals surface area contributed by atoms with Gasteiger partial charge in [0.25, 0.3) is 0 Å². The predicted octanol–water partition coefficient (Wildman–Crippen LogP) is 4.43. The largest absolute Gasteiger partial charge is 0.496 e. The molecule has 0 aliphatic heterocycles. The quantitative estimate of drug-likeness (QED) is 0.601. The summed E-state index contributed by atoms with van der Waals surface area (Å²) in [5, 5.41) is 10.1. The average molecular weight is 330 g/mol. The zero-order valence-electron chi connectivity index (χ0n) is 13.1. The normalized spacial score (nSPS) is 10.8. The molecule has 0 saturated carbocycles.